The molecule has 1 aliphatic heterocycles. The third-order valence-corrected chi connectivity index (χ3v) is 5.19. The van der Waals surface area contributed by atoms with E-state index in [9.17, 15) is 0 Å². The van der Waals surface area contributed by atoms with Crippen molar-refractivity contribution in [3.8, 4) is 22.4 Å². The number of benzene rings is 2. The fourth-order valence-corrected chi connectivity index (χ4v) is 3.58. The molecule has 140 valence electrons. The number of morpholine rings is 1. The minimum atomic E-state index is 0.706. The van der Waals surface area contributed by atoms with Gasteiger partial charge in [0.05, 0.1) is 36.1 Å². The average Bonchev–Trinajstić information content (AvgIpc) is 3.24. The first-order valence-corrected chi connectivity index (χ1v) is 9.55. The smallest absolute Gasteiger partial charge is 0.148 e. The summed E-state index contributed by atoms with van der Waals surface area (Å²) in [5.41, 5.74) is 5.69. The number of ether oxygens (including phenoxy) is 1. The summed E-state index contributed by atoms with van der Waals surface area (Å²) in [6.45, 7) is 3.11. The van der Waals surface area contributed by atoms with E-state index in [1.54, 1.807) is 0 Å². The molecule has 2 aromatic carbocycles. The molecule has 1 saturated heterocycles. The van der Waals surface area contributed by atoms with Crippen LogP contribution < -0.4 is 4.90 Å². The zero-order chi connectivity index (χ0) is 18.9. The normalized spacial score (nSPS) is 14.5. The van der Waals surface area contributed by atoms with Crippen LogP contribution in [-0.2, 0) is 4.74 Å². The Morgan fingerprint density at radius 3 is 2.57 bits per heavy atom. The molecule has 4 aromatic rings. The number of fused-ring (bicyclic) bond motifs is 1. The van der Waals surface area contributed by atoms with Crippen molar-refractivity contribution in [2.24, 2.45) is 0 Å². The molecule has 0 amide bonds. The average molecular weight is 392 g/mol. The number of H-pyrrole nitrogens is 1. The maximum absolute atomic E-state index is 6.02. The van der Waals surface area contributed by atoms with Crippen LogP contribution in [0.3, 0.4) is 0 Å². The van der Waals surface area contributed by atoms with Gasteiger partial charge >= 0.3 is 0 Å². The van der Waals surface area contributed by atoms with E-state index in [0.29, 0.717) is 5.02 Å². The van der Waals surface area contributed by atoms with Crippen molar-refractivity contribution in [3.63, 3.8) is 0 Å². The Labute approximate surface area is 167 Å². The van der Waals surface area contributed by atoms with Gasteiger partial charge in [0.1, 0.15) is 5.82 Å². The lowest BCUT2D eigenvalue weighted by molar-refractivity contribution is 0.122. The van der Waals surface area contributed by atoms with Crippen molar-refractivity contribution in [2.75, 3.05) is 31.2 Å². The SMILES string of the molecule is Clc1ccc(-c2n[nH]cc2-c2ccc3ncc(N4CCOCC4)nc3c2)cc1. The lowest BCUT2D eigenvalue weighted by Gasteiger charge is -2.27. The largest absolute Gasteiger partial charge is 0.378 e. The first-order chi connectivity index (χ1) is 13.8. The Morgan fingerprint density at radius 2 is 1.75 bits per heavy atom. The molecule has 0 unspecified atom stereocenters. The maximum Gasteiger partial charge on any atom is 0.148 e. The lowest BCUT2D eigenvalue weighted by atomic mass is 10.0. The summed E-state index contributed by atoms with van der Waals surface area (Å²) < 4.78 is 5.43. The number of aromatic amines is 1. The molecule has 0 atom stereocenters. The summed E-state index contributed by atoms with van der Waals surface area (Å²) in [5.74, 6) is 0.887. The maximum atomic E-state index is 6.02. The van der Waals surface area contributed by atoms with E-state index in [-0.39, 0.29) is 0 Å². The molecule has 0 aliphatic carbocycles. The number of nitrogens with one attached hydrogen (secondary N) is 1. The molecule has 5 rings (SSSR count). The second kappa shape index (κ2) is 7.22. The fraction of sp³-hybridized carbons (Fsp3) is 0.190. The molecule has 3 heterocycles. The number of rotatable bonds is 3. The number of nitrogens with zero attached hydrogens (tertiary/aromatic N) is 4. The van der Waals surface area contributed by atoms with Gasteiger partial charge in [0.2, 0.25) is 0 Å². The van der Waals surface area contributed by atoms with Crippen molar-refractivity contribution < 1.29 is 4.74 Å². The summed E-state index contributed by atoms with van der Waals surface area (Å²) in [4.78, 5) is 11.6. The second-order valence-electron chi connectivity index (χ2n) is 6.69. The van der Waals surface area contributed by atoms with Gasteiger partial charge in [-0.1, -0.05) is 29.8 Å². The molecule has 7 heteroatoms. The number of anilines is 1. The third-order valence-electron chi connectivity index (χ3n) is 4.93. The molecule has 0 saturated carbocycles. The van der Waals surface area contributed by atoms with Crippen LogP contribution in [0.25, 0.3) is 33.4 Å². The van der Waals surface area contributed by atoms with Gasteiger partial charge in [-0.25, -0.2) is 4.98 Å². The number of aromatic nitrogens is 4. The van der Waals surface area contributed by atoms with Crippen molar-refractivity contribution in [3.05, 3.63) is 59.9 Å². The molecule has 0 spiro atoms. The van der Waals surface area contributed by atoms with E-state index in [2.05, 4.69) is 32.2 Å². The van der Waals surface area contributed by atoms with Gasteiger partial charge in [0.15, 0.2) is 0 Å². The summed E-state index contributed by atoms with van der Waals surface area (Å²) in [6, 6.07) is 13.8. The molecule has 0 radical (unpaired) electrons. The van der Waals surface area contributed by atoms with Crippen LogP contribution in [0.5, 0.6) is 0 Å². The first kappa shape index (κ1) is 17.2. The molecule has 1 N–H and O–H groups in total. The van der Waals surface area contributed by atoms with Crippen molar-refractivity contribution in [2.45, 2.75) is 0 Å². The van der Waals surface area contributed by atoms with E-state index >= 15 is 0 Å². The molecule has 1 aliphatic rings. The Bertz CT molecular complexity index is 1120. The number of hydrogen-bond donors (Lipinski definition) is 1. The molecular formula is C21H18ClN5O. The van der Waals surface area contributed by atoms with Crippen molar-refractivity contribution in [1.82, 2.24) is 20.2 Å². The van der Waals surface area contributed by atoms with Crippen LogP contribution in [0.2, 0.25) is 5.02 Å². The highest BCUT2D eigenvalue weighted by Gasteiger charge is 2.15. The highest BCUT2D eigenvalue weighted by Crippen LogP contribution is 2.32. The van der Waals surface area contributed by atoms with Crippen LogP contribution in [0.1, 0.15) is 0 Å². The predicted molar refractivity (Wildman–Crippen MR) is 111 cm³/mol. The Hall–Kier alpha value is -2.96. The van der Waals surface area contributed by atoms with Gasteiger partial charge in [0.25, 0.3) is 0 Å². The second-order valence-corrected chi connectivity index (χ2v) is 7.12. The van der Waals surface area contributed by atoms with E-state index in [1.807, 2.05) is 42.7 Å². The minimum absolute atomic E-state index is 0.706. The third kappa shape index (κ3) is 3.21. The van der Waals surface area contributed by atoms with E-state index < -0.39 is 0 Å². The number of hydrogen-bond acceptors (Lipinski definition) is 5. The number of halogens is 1. The molecule has 28 heavy (non-hydrogen) atoms. The predicted octanol–water partition coefficient (Wildman–Crippen LogP) is 4.18. The van der Waals surface area contributed by atoms with E-state index in [1.165, 1.54) is 0 Å². The van der Waals surface area contributed by atoms with Gasteiger partial charge < -0.3 is 9.64 Å². The van der Waals surface area contributed by atoms with Gasteiger partial charge in [-0.2, -0.15) is 5.10 Å². The molecular weight excluding hydrogens is 374 g/mol. The zero-order valence-corrected chi connectivity index (χ0v) is 15.9. The van der Waals surface area contributed by atoms with Crippen LogP contribution in [0.4, 0.5) is 5.82 Å². The van der Waals surface area contributed by atoms with Crippen molar-refractivity contribution in [1.29, 1.82) is 0 Å². The minimum Gasteiger partial charge on any atom is -0.378 e. The lowest BCUT2D eigenvalue weighted by Crippen LogP contribution is -2.36. The molecule has 6 nitrogen and oxygen atoms in total. The topological polar surface area (TPSA) is 66.9 Å². The molecule has 1 fully saturated rings. The highest BCUT2D eigenvalue weighted by molar-refractivity contribution is 6.30. The van der Waals surface area contributed by atoms with Gasteiger partial charge in [0, 0.05) is 35.4 Å². The molecule has 0 bridgehead atoms. The Morgan fingerprint density at radius 1 is 0.964 bits per heavy atom. The van der Waals surface area contributed by atoms with Crippen molar-refractivity contribution >= 4 is 28.5 Å². The fourth-order valence-electron chi connectivity index (χ4n) is 3.45. The quantitative estimate of drug-likeness (QED) is 0.567. The monoisotopic (exact) mass is 391 g/mol. The highest BCUT2D eigenvalue weighted by atomic mass is 35.5. The van der Waals surface area contributed by atoms with Crippen LogP contribution in [0, 0.1) is 0 Å². The zero-order valence-electron chi connectivity index (χ0n) is 15.1. The summed E-state index contributed by atoms with van der Waals surface area (Å²) in [7, 11) is 0. The first-order valence-electron chi connectivity index (χ1n) is 9.17. The summed E-state index contributed by atoms with van der Waals surface area (Å²) in [6.07, 6.45) is 3.74. The van der Waals surface area contributed by atoms with Crippen LogP contribution >= 0.6 is 11.6 Å². The summed E-state index contributed by atoms with van der Waals surface area (Å²) in [5, 5.41) is 8.12. The summed E-state index contributed by atoms with van der Waals surface area (Å²) >= 11 is 6.02. The standard InChI is InChI=1S/C21H18ClN5O/c22-16-4-1-14(2-5-16)21-17(12-24-26-21)15-3-6-18-19(11-15)25-20(13-23-18)27-7-9-28-10-8-27/h1-6,11-13H,7-10H2,(H,24,26). The van der Waals surface area contributed by atoms with Gasteiger partial charge in [-0.05, 0) is 29.8 Å². The van der Waals surface area contributed by atoms with Gasteiger partial charge in [-0.15, -0.1) is 0 Å². The van der Waals surface area contributed by atoms with E-state index in [4.69, 9.17) is 21.3 Å². The Kier molecular flexibility index (Phi) is 4.43. The van der Waals surface area contributed by atoms with Crippen LogP contribution in [-0.4, -0.2) is 46.5 Å². The molecule has 2 aromatic heterocycles. The Balaban J connectivity index is 1.55. The van der Waals surface area contributed by atoms with E-state index in [0.717, 1.165) is 65.5 Å². The van der Waals surface area contributed by atoms with Gasteiger partial charge in [-0.3, -0.25) is 10.1 Å². The van der Waals surface area contributed by atoms with Crippen LogP contribution in [0.15, 0.2) is 54.9 Å².